The molecule has 7 nitrogen and oxygen atoms in total. The van der Waals surface area contributed by atoms with Gasteiger partial charge in [0.05, 0.1) is 19.8 Å². The molecule has 0 aromatic heterocycles. The van der Waals surface area contributed by atoms with Crippen LogP contribution in [0.2, 0.25) is 0 Å². The molecule has 3 amide bonds. The Balaban J connectivity index is 2.43. The van der Waals surface area contributed by atoms with Crippen molar-refractivity contribution in [2.24, 2.45) is 0 Å². The third-order valence-corrected chi connectivity index (χ3v) is 2.35. The zero-order chi connectivity index (χ0) is 12.0. The van der Waals surface area contributed by atoms with E-state index in [1.165, 1.54) is 0 Å². The number of hydrogen-bond donors (Lipinski definition) is 3. The van der Waals surface area contributed by atoms with Crippen LogP contribution in [0.25, 0.3) is 0 Å². The number of amides is 3. The molecule has 1 saturated heterocycles. The number of hydrogen-bond acceptors (Lipinski definition) is 5. The number of imide groups is 1. The second-order valence-corrected chi connectivity index (χ2v) is 3.50. The first kappa shape index (κ1) is 12.9. The van der Waals surface area contributed by atoms with Gasteiger partial charge in [0.25, 0.3) is 0 Å². The Kier molecular flexibility index (Phi) is 5.17. The molecule has 0 spiro atoms. The van der Waals surface area contributed by atoms with Crippen LogP contribution in [0.15, 0.2) is 0 Å². The number of carbonyl (C=O) groups is 2. The number of urea groups is 1. The van der Waals surface area contributed by atoms with Crippen LogP contribution in [-0.2, 0) is 4.79 Å². The van der Waals surface area contributed by atoms with Gasteiger partial charge in [-0.1, -0.05) is 0 Å². The highest BCUT2D eigenvalue weighted by atomic mass is 16.3. The Hall–Kier alpha value is -1.18. The van der Waals surface area contributed by atoms with Crippen molar-refractivity contribution in [3.63, 3.8) is 0 Å². The smallest absolute Gasteiger partial charge is 0.324 e. The topological polar surface area (TPSA) is 93.1 Å². The van der Waals surface area contributed by atoms with Gasteiger partial charge in [-0.2, -0.15) is 0 Å². The molecule has 0 unspecified atom stereocenters. The summed E-state index contributed by atoms with van der Waals surface area (Å²) in [5.74, 6) is -0.308. The molecule has 1 aliphatic rings. The van der Waals surface area contributed by atoms with Gasteiger partial charge >= 0.3 is 6.03 Å². The van der Waals surface area contributed by atoms with E-state index in [1.807, 2.05) is 0 Å². The molecule has 0 bridgehead atoms. The fraction of sp³-hybridized carbons (Fsp3) is 0.778. The fourth-order valence-electron chi connectivity index (χ4n) is 1.54. The lowest BCUT2D eigenvalue weighted by atomic mass is 10.4. The zero-order valence-corrected chi connectivity index (χ0v) is 9.06. The average molecular weight is 231 g/mol. The van der Waals surface area contributed by atoms with Crippen molar-refractivity contribution in [2.45, 2.75) is 0 Å². The third-order valence-electron chi connectivity index (χ3n) is 2.35. The Morgan fingerprint density at radius 2 is 2.00 bits per heavy atom. The van der Waals surface area contributed by atoms with Crippen molar-refractivity contribution in [1.82, 2.24) is 15.1 Å². The van der Waals surface area contributed by atoms with Crippen LogP contribution >= 0.6 is 0 Å². The minimum atomic E-state index is -0.377. The lowest BCUT2D eigenvalue weighted by Gasteiger charge is -2.21. The summed E-state index contributed by atoms with van der Waals surface area (Å²) in [4.78, 5) is 25.6. The van der Waals surface area contributed by atoms with E-state index in [-0.39, 0.29) is 31.7 Å². The monoisotopic (exact) mass is 231 g/mol. The van der Waals surface area contributed by atoms with Crippen LogP contribution in [-0.4, -0.2) is 77.9 Å². The van der Waals surface area contributed by atoms with Crippen molar-refractivity contribution in [2.75, 3.05) is 45.9 Å². The lowest BCUT2D eigenvalue weighted by Crippen LogP contribution is -2.43. The molecule has 16 heavy (non-hydrogen) atoms. The molecule has 3 N–H and O–H groups in total. The summed E-state index contributed by atoms with van der Waals surface area (Å²) in [5, 5.41) is 20.1. The van der Waals surface area contributed by atoms with Gasteiger partial charge in [0, 0.05) is 26.2 Å². The van der Waals surface area contributed by atoms with Gasteiger partial charge in [-0.05, 0) is 0 Å². The highest BCUT2D eigenvalue weighted by molar-refractivity contribution is 5.96. The second-order valence-electron chi connectivity index (χ2n) is 3.50. The van der Waals surface area contributed by atoms with Gasteiger partial charge in [0.2, 0.25) is 5.91 Å². The van der Waals surface area contributed by atoms with Crippen molar-refractivity contribution in [3.8, 4) is 0 Å². The second kappa shape index (κ2) is 6.41. The largest absolute Gasteiger partial charge is 0.395 e. The van der Waals surface area contributed by atoms with Crippen LogP contribution < -0.4 is 5.32 Å². The summed E-state index contributed by atoms with van der Waals surface area (Å²) < 4.78 is 0. The first-order valence-corrected chi connectivity index (χ1v) is 5.21. The summed E-state index contributed by atoms with van der Waals surface area (Å²) in [5.41, 5.74) is 0. The molecule has 0 atom stereocenters. The number of rotatable bonds is 6. The maximum absolute atomic E-state index is 11.7. The molecular formula is C9H17N3O4. The normalized spacial score (nSPS) is 15.7. The van der Waals surface area contributed by atoms with E-state index in [9.17, 15) is 9.59 Å². The van der Waals surface area contributed by atoms with E-state index >= 15 is 0 Å². The Bertz CT molecular complexity index is 253. The Morgan fingerprint density at radius 3 is 2.44 bits per heavy atom. The van der Waals surface area contributed by atoms with Crippen LogP contribution in [0.3, 0.4) is 0 Å². The molecule has 0 aliphatic carbocycles. The van der Waals surface area contributed by atoms with Crippen LogP contribution in [0.5, 0.6) is 0 Å². The Labute approximate surface area is 93.6 Å². The number of nitrogens with zero attached hydrogens (tertiary/aromatic N) is 2. The first-order valence-electron chi connectivity index (χ1n) is 5.21. The number of aliphatic hydroxyl groups excluding tert-OH is 2. The summed E-state index contributed by atoms with van der Waals surface area (Å²) in [6, 6.07) is -0.377. The van der Waals surface area contributed by atoms with Gasteiger partial charge in [0.1, 0.15) is 0 Å². The van der Waals surface area contributed by atoms with E-state index in [4.69, 9.17) is 10.2 Å². The molecule has 0 aromatic rings. The minimum Gasteiger partial charge on any atom is -0.395 e. The molecule has 0 saturated carbocycles. The van der Waals surface area contributed by atoms with Crippen molar-refractivity contribution in [1.29, 1.82) is 0 Å². The van der Waals surface area contributed by atoms with E-state index in [1.54, 1.807) is 4.90 Å². The summed E-state index contributed by atoms with van der Waals surface area (Å²) >= 11 is 0. The number of carbonyl (C=O) groups excluding carboxylic acids is 2. The quantitative estimate of drug-likeness (QED) is 0.483. The van der Waals surface area contributed by atoms with Crippen molar-refractivity contribution >= 4 is 11.9 Å². The van der Waals surface area contributed by atoms with Crippen LogP contribution in [0.4, 0.5) is 4.79 Å². The summed E-state index contributed by atoms with van der Waals surface area (Å²) in [7, 11) is 0. The SMILES string of the molecule is O=C(CN(CCO)CCO)N1CCNC1=O. The van der Waals surface area contributed by atoms with Crippen molar-refractivity contribution < 1.29 is 19.8 Å². The standard InChI is InChI=1S/C9H17N3O4/c13-5-3-11(4-6-14)7-8(15)12-2-1-10-9(12)16/h13-14H,1-7H2,(H,10,16). The van der Waals surface area contributed by atoms with Gasteiger partial charge in [-0.25, -0.2) is 4.79 Å². The highest BCUT2D eigenvalue weighted by Crippen LogP contribution is 1.99. The van der Waals surface area contributed by atoms with Crippen LogP contribution in [0, 0.1) is 0 Å². The first-order chi connectivity index (χ1) is 7.69. The molecule has 0 aromatic carbocycles. The predicted molar refractivity (Wildman–Crippen MR) is 55.7 cm³/mol. The number of aliphatic hydroxyl groups is 2. The Morgan fingerprint density at radius 1 is 1.38 bits per heavy atom. The van der Waals surface area contributed by atoms with Gasteiger partial charge < -0.3 is 15.5 Å². The maximum Gasteiger partial charge on any atom is 0.324 e. The molecule has 92 valence electrons. The predicted octanol–water partition coefficient (Wildman–Crippen LogP) is -2.18. The number of nitrogens with one attached hydrogen (secondary N) is 1. The van der Waals surface area contributed by atoms with E-state index in [0.29, 0.717) is 26.2 Å². The van der Waals surface area contributed by atoms with Crippen LogP contribution in [0.1, 0.15) is 0 Å². The van der Waals surface area contributed by atoms with Gasteiger partial charge in [-0.15, -0.1) is 0 Å². The third kappa shape index (κ3) is 3.44. The molecule has 1 fully saturated rings. The summed E-state index contributed by atoms with van der Waals surface area (Å²) in [6.45, 7) is 1.34. The molecule has 0 radical (unpaired) electrons. The molecule has 1 rings (SSSR count). The molecule has 7 heteroatoms. The summed E-state index contributed by atoms with van der Waals surface area (Å²) in [6.07, 6.45) is 0. The zero-order valence-electron chi connectivity index (χ0n) is 9.06. The maximum atomic E-state index is 11.7. The average Bonchev–Trinajstić information content (AvgIpc) is 2.65. The van der Waals surface area contributed by atoms with E-state index in [0.717, 1.165) is 4.90 Å². The van der Waals surface area contributed by atoms with Gasteiger partial charge in [0.15, 0.2) is 0 Å². The fourth-order valence-corrected chi connectivity index (χ4v) is 1.54. The van der Waals surface area contributed by atoms with Crippen molar-refractivity contribution in [3.05, 3.63) is 0 Å². The molecule has 1 aliphatic heterocycles. The van der Waals surface area contributed by atoms with E-state index < -0.39 is 0 Å². The minimum absolute atomic E-state index is 0.0362. The molecular weight excluding hydrogens is 214 g/mol. The highest BCUT2D eigenvalue weighted by Gasteiger charge is 2.26. The molecule has 1 heterocycles. The lowest BCUT2D eigenvalue weighted by molar-refractivity contribution is -0.128. The van der Waals surface area contributed by atoms with Gasteiger partial charge in [-0.3, -0.25) is 14.6 Å². The van der Waals surface area contributed by atoms with E-state index in [2.05, 4.69) is 5.32 Å².